The van der Waals surface area contributed by atoms with E-state index in [0.29, 0.717) is 27.8 Å². The van der Waals surface area contributed by atoms with Gasteiger partial charge in [0.2, 0.25) is 0 Å². The van der Waals surface area contributed by atoms with Gasteiger partial charge in [0, 0.05) is 41.3 Å². The van der Waals surface area contributed by atoms with E-state index in [2.05, 4.69) is 15.6 Å². The highest BCUT2D eigenvalue weighted by atomic mass is 35.5. The van der Waals surface area contributed by atoms with Gasteiger partial charge in [-0.1, -0.05) is 23.2 Å². The summed E-state index contributed by atoms with van der Waals surface area (Å²) in [5.74, 6) is -0.710. The van der Waals surface area contributed by atoms with E-state index in [4.69, 9.17) is 27.9 Å². The molecule has 1 aliphatic rings. The van der Waals surface area contributed by atoms with Crippen molar-refractivity contribution < 1.29 is 14.3 Å². The van der Waals surface area contributed by atoms with Crippen molar-refractivity contribution in [3.63, 3.8) is 0 Å². The van der Waals surface area contributed by atoms with Crippen LogP contribution in [0, 0.1) is 0 Å². The number of amides is 2. The fourth-order valence-corrected chi connectivity index (χ4v) is 3.16. The van der Waals surface area contributed by atoms with Crippen molar-refractivity contribution in [3.8, 4) is 0 Å². The molecule has 1 aromatic carbocycles. The van der Waals surface area contributed by atoms with Crippen LogP contribution in [-0.4, -0.2) is 36.1 Å². The van der Waals surface area contributed by atoms with Crippen LogP contribution >= 0.6 is 23.2 Å². The van der Waals surface area contributed by atoms with Crippen LogP contribution in [0.25, 0.3) is 0 Å². The molecule has 0 saturated carbocycles. The lowest BCUT2D eigenvalue weighted by molar-refractivity contribution is 0.0857. The lowest BCUT2D eigenvalue weighted by Gasteiger charge is -2.11. The molecule has 1 saturated heterocycles. The molecule has 0 radical (unpaired) electrons. The summed E-state index contributed by atoms with van der Waals surface area (Å²) in [5.41, 5.74) is 1.02. The van der Waals surface area contributed by atoms with Crippen LogP contribution in [0.2, 0.25) is 10.0 Å². The van der Waals surface area contributed by atoms with Gasteiger partial charge in [0.25, 0.3) is 11.8 Å². The average Bonchev–Trinajstić information content (AvgIpc) is 3.12. The second-order valence-corrected chi connectivity index (χ2v) is 6.79. The maximum absolute atomic E-state index is 12.4. The number of benzene rings is 1. The van der Waals surface area contributed by atoms with Gasteiger partial charge in [-0.3, -0.25) is 14.6 Å². The summed E-state index contributed by atoms with van der Waals surface area (Å²) in [6, 6.07) is 6.21. The van der Waals surface area contributed by atoms with Gasteiger partial charge < -0.3 is 15.4 Å². The van der Waals surface area contributed by atoms with Crippen molar-refractivity contribution in [1.29, 1.82) is 0 Å². The second-order valence-electron chi connectivity index (χ2n) is 5.92. The molecule has 1 atom stereocenters. The molecule has 2 N–H and O–H groups in total. The van der Waals surface area contributed by atoms with Gasteiger partial charge in [0.05, 0.1) is 17.2 Å². The van der Waals surface area contributed by atoms with E-state index in [1.165, 1.54) is 18.5 Å². The Kier molecular flexibility index (Phi) is 6.08. The predicted molar refractivity (Wildman–Crippen MR) is 100.0 cm³/mol. The number of hydrogen-bond donors (Lipinski definition) is 2. The summed E-state index contributed by atoms with van der Waals surface area (Å²) < 4.78 is 5.47. The fourth-order valence-electron chi connectivity index (χ4n) is 2.63. The minimum atomic E-state index is -0.412. The summed E-state index contributed by atoms with van der Waals surface area (Å²) >= 11 is 11.8. The summed E-state index contributed by atoms with van der Waals surface area (Å²) in [6.07, 6.45) is 4.79. The summed E-state index contributed by atoms with van der Waals surface area (Å²) in [4.78, 5) is 28.6. The number of rotatable bonds is 5. The van der Waals surface area contributed by atoms with Crippen LogP contribution in [-0.2, 0) is 4.74 Å². The number of anilines is 1. The van der Waals surface area contributed by atoms with Gasteiger partial charge in [-0.05, 0) is 37.1 Å². The number of carbonyl (C=O) groups excluding carboxylic acids is 2. The molecule has 0 spiro atoms. The molecule has 1 fully saturated rings. The monoisotopic (exact) mass is 393 g/mol. The molecule has 26 heavy (non-hydrogen) atoms. The first-order valence-corrected chi connectivity index (χ1v) is 8.89. The van der Waals surface area contributed by atoms with E-state index in [1.807, 2.05) is 0 Å². The van der Waals surface area contributed by atoms with Crippen LogP contribution in [0.1, 0.15) is 33.6 Å². The Morgan fingerprint density at radius 1 is 1.08 bits per heavy atom. The lowest BCUT2D eigenvalue weighted by Crippen LogP contribution is -2.32. The van der Waals surface area contributed by atoms with Crippen LogP contribution in [0.3, 0.4) is 0 Å². The van der Waals surface area contributed by atoms with Crippen molar-refractivity contribution >= 4 is 40.7 Å². The van der Waals surface area contributed by atoms with E-state index in [-0.39, 0.29) is 17.6 Å². The number of hydrogen-bond acceptors (Lipinski definition) is 4. The third-order valence-corrected chi connectivity index (χ3v) is 4.33. The van der Waals surface area contributed by atoms with Crippen molar-refractivity contribution in [2.45, 2.75) is 18.9 Å². The standard InChI is InChI=1S/C18H17Cl2N3O3/c19-13-5-14(20)7-15(6-13)23-18(25)12-4-11(8-21-9-12)17(24)22-10-16-2-1-3-26-16/h4-9,16H,1-3,10H2,(H,22,24)(H,23,25). The second kappa shape index (κ2) is 8.49. The van der Waals surface area contributed by atoms with E-state index in [9.17, 15) is 9.59 Å². The zero-order valence-corrected chi connectivity index (χ0v) is 15.3. The Morgan fingerprint density at radius 2 is 1.77 bits per heavy atom. The Morgan fingerprint density at radius 3 is 2.42 bits per heavy atom. The van der Waals surface area contributed by atoms with E-state index in [0.717, 1.165) is 19.4 Å². The average molecular weight is 394 g/mol. The first-order valence-electron chi connectivity index (χ1n) is 8.13. The van der Waals surface area contributed by atoms with Crippen LogP contribution in [0.5, 0.6) is 0 Å². The number of halogens is 2. The molecule has 2 heterocycles. The quantitative estimate of drug-likeness (QED) is 0.813. The highest BCUT2D eigenvalue weighted by Crippen LogP contribution is 2.23. The molecular weight excluding hydrogens is 377 g/mol. The molecule has 136 valence electrons. The first kappa shape index (κ1) is 18.6. The van der Waals surface area contributed by atoms with Crippen LogP contribution < -0.4 is 10.6 Å². The number of nitrogens with zero attached hydrogens (tertiary/aromatic N) is 1. The number of nitrogens with one attached hydrogen (secondary N) is 2. The minimum Gasteiger partial charge on any atom is -0.376 e. The molecular formula is C18H17Cl2N3O3. The number of ether oxygens (including phenoxy) is 1. The summed E-state index contributed by atoms with van der Waals surface area (Å²) in [5, 5.41) is 6.31. The largest absolute Gasteiger partial charge is 0.376 e. The number of carbonyl (C=O) groups is 2. The molecule has 8 heteroatoms. The molecule has 3 rings (SSSR count). The van der Waals surface area contributed by atoms with Crippen molar-refractivity contribution in [3.05, 3.63) is 57.8 Å². The molecule has 0 aliphatic carbocycles. The third-order valence-electron chi connectivity index (χ3n) is 3.90. The van der Waals surface area contributed by atoms with Crippen LogP contribution in [0.4, 0.5) is 5.69 Å². The Labute approximate surface area is 160 Å². The first-order chi connectivity index (χ1) is 12.5. The lowest BCUT2D eigenvalue weighted by atomic mass is 10.1. The molecule has 2 aromatic rings. The molecule has 0 bridgehead atoms. The Balaban J connectivity index is 1.65. The van der Waals surface area contributed by atoms with Crippen molar-refractivity contribution in [1.82, 2.24) is 10.3 Å². The molecule has 1 unspecified atom stereocenters. The topological polar surface area (TPSA) is 80.3 Å². The Hall–Kier alpha value is -2.15. The third kappa shape index (κ3) is 4.94. The van der Waals surface area contributed by atoms with Gasteiger partial charge in [-0.25, -0.2) is 0 Å². The van der Waals surface area contributed by atoms with E-state index >= 15 is 0 Å². The van der Waals surface area contributed by atoms with Gasteiger partial charge >= 0.3 is 0 Å². The predicted octanol–water partition coefficient (Wildman–Crippen LogP) is 3.55. The van der Waals surface area contributed by atoms with E-state index in [1.54, 1.807) is 18.2 Å². The summed E-state index contributed by atoms with van der Waals surface area (Å²) in [6.45, 7) is 1.17. The smallest absolute Gasteiger partial charge is 0.257 e. The number of aromatic nitrogens is 1. The zero-order chi connectivity index (χ0) is 18.5. The zero-order valence-electron chi connectivity index (χ0n) is 13.8. The number of pyridine rings is 1. The summed E-state index contributed by atoms with van der Waals surface area (Å²) in [7, 11) is 0. The van der Waals surface area contributed by atoms with E-state index < -0.39 is 5.91 Å². The van der Waals surface area contributed by atoms with Crippen molar-refractivity contribution in [2.75, 3.05) is 18.5 Å². The molecule has 1 aliphatic heterocycles. The normalized spacial score (nSPS) is 16.3. The molecule has 1 aromatic heterocycles. The highest BCUT2D eigenvalue weighted by Gasteiger charge is 2.17. The van der Waals surface area contributed by atoms with Gasteiger partial charge in [-0.15, -0.1) is 0 Å². The van der Waals surface area contributed by atoms with Gasteiger partial charge in [0.1, 0.15) is 0 Å². The van der Waals surface area contributed by atoms with Crippen molar-refractivity contribution in [2.24, 2.45) is 0 Å². The fraction of sp³-hybridized carbons (Fsp3) is 0.278. The van der Waals surface area contributed by atoms with Crippen LogP contribution in [0.15, 0.2) is 36.7 Å². The highest BCUT2D eigenvalue weighted by molar-refractivity contribution is 6.35. The maximum Gasteiger partial charge on any atom is 0.257 e. The molecule has 2 amide bonds. The Bertz CT molecular complexity index is 803. The SMILES string of the molecule is O=C(NCC1CCCO1)c1cncc(C(=O)Nc2cc(Cl)cc(Cl)c2)c1. The minimum absolute atomic E-state index is 0.0472. The van der Waals surface area contributed by atoms with Gasteiger partial charge in [0.15, 0.2) is 0 Å². The maximum atomic E-state index is 12.4. The van der Waals surface area contributed by atoms with Gasteiger partial charge in [-0.2, -0.15) is 0 Å². The molecule has 6 nitrogen and oxygen atoms in total.